The lowest BCUT2D eigenvalue weighted by atomic mass is 9.76. The second kappa shape index (κ2) is 9.47. The number of Topliss-reactive ketones (excluding diaryl/α,β-unsaturated/α-hetero) is 1. The number of carbonyl (C=O) groups is 1. The standard InChI is InChI=1S/C32H34N2O/c1-22-8-7-17-34(20-22)21-32(35)24-18-29-27-13-12-23-9-4-5-10-25(23)26(27)14-15-28(29)30(19-24)31-11-3-2-6-16-33-31/h2-6,9-11,13-16,18,22,24,30,33H,7-8,12,17,19-21H2,1H3. The van der Waals surface area contributed by atoms with Gasteiger partial charge in [-0.25, -0.2) is 0 Å². The minimum absolute atomic E-state index is 0.0688. The van der Waals surface area contributed by atoms with E-state index in [0.29, 0.717) is 18.2 Å². The van der Waals surface area contributed by atoms with Crippen molar-refractivity contribution in [2.24, 2.45) is 11.8 Å². The van der Waals surface area contributed by atoms with Gasteiger partial charge in [-0.15, -0.1) is 0 Å². The molecule has 4 aliphatic rings. The first-order chi connectivity index (χ1) is 17.2. The summed E-state index contributed by atoms with van der Waals surface area (Å²) in [5.74, 6) is 1.15. The van der Waals surface area contributed by atoms with Gasteiger partial charge < -0.3 is 5.32 Å². The van der Waals surface area contributed by atoms with Gasteiger partial charge in [-0.05, 0) is 83.0 Å². The van der Waals surface area contributed by atoms with Crippen LogP contribution in [0.5, 0.6) is 0 Å². The van der Waals surface area contributed by atoms with E-state index in [9.17, 15) is 4.79 Å². The van der Waals surface area contributed by atoms with Crippen LogP contribution in [-0.2, 0) is 11.2 Å². The van der Waals surface area contributed by atoms with Crippen molar-refractivity contribution in [3.63, 3.8) is 0 Å². The van der Waals surface area contributed by atoms with Crippen LogP contribution in [0, 0.1) is 11.8 Å². The largest absolute Gasteiger partial charge is 0.364 e. The highest BCUT2D eigenvalue weighted by Gasteiger charge is 2.31. The number of likely N-dealkylation sites (tertiary alicyclic amines) is 1. The maximum Gasteiger partial charge on any atom is 0.153 e. The molecule has 3 unspecified atom stereocenters. The number of carbonyl (C=O) groups excluding carboxylic acids is 1. The third-order valence-corrected chi connectivity index (χ3v) is 8.14. The Kier molecular flexibility index (Phi) is 6.03. The number of nitrogens with zero attached hydrogens (tertiary/aromatic N) is 1. The molecule has 2 heterocycles. The topological polar surface area (TPSA) is 32.3 Å². The van der Waals surface area contributed by atoms with E-state index in [1.807, 2.05) is 18.4 Å². The quantitative estimate of drug-likeness (QED) is 0.730. The average molecular weight is 463 g/mol. The zero-order chi connectivity index (χ0) is 23.8. The molecule has 6 rings (SSSR count). The van der Waals surface area contributed by atoms with Crippen LogP contribution in [0.1, 0.15) is 43.2 Å². The molecular formula is C32H34N2O. The Labute approximate surface area is 208 Å². The van der Waals surface area contributed by atoms with E-state index >= 15 is 0 Å². The van der Waals surface area contributed by atoms with E-state index in [0.717, 1.165) is 25.9 Å². The predicted octanol–water partition coefficient (Wildman–Crippen LogP) is 4.43. The zero-order valence-corrected chi connectivity index (χ0v) is 20.5. The maximum atomic E-state index is 13.7. The highest BCUT2D eigenvalue weighted by molar-refractivity contribution is 5.89. The van der Waals surface area contributed by atoms with Gasteiger partial charge >= 0.3 is 0 Å². The van der Waals surface area contributed by atoms with Crippen LogP contribution in [0.15, 0.2) is 72.6 Å². The van der Waals surface area contributed by atoms with E-state index < -0.39 is 0 Å². The molecule has 2 aromatic carbocycles. The number of ketones is 1. The summed E-state index contributed by atoms with van der Waals surface area (Å²) in [4.78, 5) is 16.1. The van der Waals surface area contributed by atoms with Gasteiger partial charge in [-0.3, -0.25) is 9.69 Å². The van der Waals surface area contributed by atoms with Crippen molar-refractivity contribution in [2.75, 3.05) is 19.6 Å². The van der Waals surface area contributed by atoms with Gasteiger partial charge in [0.15, 0.2) is 5.78 Å². The van der Waals surface area contributed by atoms with Crippen molar-refractivity contribution >= 4 is 17.9 Å². The second-order valence-electron chi connectivity index (χ2n) is 10.6. The highest BCUT2D eigenvalue weighted by Crippen LogP contribution is 2.34. The summed E-state index contributed by atoms with van der Waals surface area (Å²) < 4.78 is 0. The van der Waals surface area contributed by atoms with Crippen molar-refractivity contribution in [3.8, 4) is 11.1 Å². The molecular weight excluding hydrogens is 428 g/mol. The van der Waals surface area contributed by atoms with Crippen LogP contribution >= 0.6 is 0 Å². The van der Waals surface area contributed by atoms with Crippen LogP contribution in [0.3, 0.4) is 0 Å². The van der Waals surface area contributed by atoms with Gasteiger partial charge in [-0.1, -0.05) is 67.6 Å². The molecule has 0 aromatic heterocycles. The first-order valence-electron chi connectivity index (χ1n) is 13.2. The molecule has 0 bridgehead atoms. The molecule has 2 aliphatic heterocycles. The SMILES string of the molecule is CC1CCCN(CC(=O)C2C=c3c(ccc4c3=CCc3ccccc3-4)C(C3=CC=CC=CN3)C2)C1. The Morgan fingerprint density at radius 2 is 1.97 bits per heavy atom. The van der Waals surface area contributed by atoms with E-state index in [4.69, 9.17) is 0 Å². The van der Waals surface area contributed by atoms with Crippen LogP contribution < -0.4 is 15.8 Å². The smallest absolute Gasteiger partial charge is 0.153 e. The minimum atomic E-state index is -0.0688. The van der Waals surface area contributed by atoms with Crippen LogP contribution in [-0.4, -0.2) is 30.3 Å². The van der Waals surface area contributed by atoms with Gasteiger partial charge in [0.2, 0.25) is 0 Å². The van der Waals surface area contributed by atoms with Crippen molar-refractivity contribution < 1.29 is 4.79 Å². The fourth-order valence-corrected chi connectivity index (χ4v) is 6.40. The molecule has 0 amide bonds. The summed E-state index contributed by atoms with van der Waals surface area (Å²) in [6, 6.07) is 13.3. The summed E-state index contributed by atoms with van der Waals surface area (Å²) in [5, 5.41) is 6.07. The van der Waals surface area contributed by atoms with Gasteiger partial charge in [0, 0.05) is 30.3 Å². The Bertz CT molecular complexity index is 1360. The Morgan fingerprint density at radius 1 is 1.06 bits per heavy atom. The summed E-state index contributed by atoms with van der Waals surface area (Å²) in [6.45, 7) is 4.97. The molecule has 3 heteroatoms. The normalized spacial score (nSPS) is 25.1. The van der Waals surface area contributed by atoms with Gasteiger partial charge in [-0.2, -0.15) is 0 Å². The number of benzene rings is 2. The molecule has 1 N–H and O–H groups in total. The Balaban J connectivity index is 1.43. The van der Waals surface area contributed by atoms with Gasteiger partial charge in [0.05, 0.1) is 6.54 Å². The fourth-order valence-electron chi connectivity index (χ4n) is 6.40. The summed E-state index contributed by atoms with van der Waals surface area (Å²) in [5.41, 5.74) is 6.50. The lowest BCUT2D eigenvalue weighted by Crippen LogP contribution is -2.43. The third-order valence-electron chi connectivity index (χ3n) is 8.14. The minimum Gasteiger partial charge on any atom is -0.364 e. The number of hydrogen-bond donors (Lipinski definition) is 1. The molecule has 1 fully saturated rings. The molecule has 0 saturated carbocycles. The Hall–Kier alpha value is -3.17. The summed E-state index contributed by atoms with van der Waals surface area (Å²) >= 11 is 0. The van der Waals surface area contributed by atoms with Crippen LogP contribution in [0.4, 0.5) is 0 Å². The molecule has 0 radical (unpaired) electrons. The van der Waals surface area contributed by atoms with Crippen molar-refractivity contribution in [1.29, 1.82) is 0 Å². The molecule has 3 atom stereocenters. The van der Waals surface area contributed by atoms with E-state index in [-0.39, 0.29) is 11.8 Å². The van der Waals surface area contributed by atoms with Crippen LogP contribution in [0.25, 0.3) is 23.3 Å². The fraction of sp³-hybridized carbons (Fsp3) is 0.344. The number of allylic oxidation sites excluding steroid dienone is 5. The number of fused-ring (bicyclic) bond motifs is 5. The van der Waals surface area contributed by atoms with Gasteiger partial charge in [0.25, 0.3) is 0 Å². The molecule has 3 nitrogen and oxygen atoms in total. The number of hydrogen-bond acceptors (Lipinski definition) is 3. The van der Waals surface area contributed by atoms with Crippen molar-refractivity contribution in [1.82, 2.24) is 10.2 Å². The molecule has 1 saturated heterocycles. The molecule has 35 heavy (non-hydrogen) atoms. The number of nitrogens with one attached hydrogen (secondary N) is 1. The molecule has 2 aromatic rings. The third kappa shape index (κ3) is 4.34. The first-order valence-corrected chi connectivity index (χ1v) is 13.2. The lowest BCUT2D eigenvalue weighted by molar-refractivity contribution is -0.122. The molecule has 0 spiro atoms. The number of piperidine rings is 1. The highest BCUT2D eigenvalue weighted by atomic mass is 16.1. The lowest BCUT2D eigenvalue weighted by Gasteiger charge is -2.33. The van der Waals surface area contributed by atoms with Crippen LogP contribution in [0.2, 0.25) is 0 Å². The van der Waals surface area contributed by atoms with E-state index in [1.165, 1.54) is 51.2 Å². The maximum absolute atomic E-state index is 13.7. The van der Waals surface area contributed by atoms with Gasteiger partial charge in [0.1, 0.15) is 0 Å². The zero-order valence-electron chi connectivity index (χ0n) is 20.5. The first kappa shape index (κ1) is 22.3. The van der Waals surface area contributed by atoms with E-state index in [1.54, 1.807) is 0 Å². The molecule has 178 valence electrons. The number of rotatable bonds is 4. The summed E-state index contributed by atoms with van der Waals surface area (Å²) in [7, 11) is 0. The van der Waals surface area contributed by atoms with Crippen molar-refractivity contribution in [3.05, 3.63) is 94.2 Å². The van der Waals surface area contributed by atoms with E-state index in [2.05, 4.69) is 77.8 Å². The summed E-state index contributed by atoms with van der Waals surface area (Å²) in [6.07, 6.45) is 19.3. The second-order valence-corrected chi connectivity index (χ2v) is 10.6. The monoisotopic (exact) mass is 462 g/mol. The average Bonchev–Trinajstić information content (AvgIpc) is 3.17. The molecule has 2 aliphatic carbocycles. The Morgan fingerprint density at radius 3 is 2.89 bits per heavy atom. The van der Waals surface area contributed by atoms with Crippen molar-refractivity contribution in [2.45, 2.75) is 38.5 Å². The predicted molar refractivity (Wildman–Crippen MR) is 144 cm³/mol.